The van der Waals surface area contributed by atoms with Gasteiger partial charge in [-0.3, -0.25) is 4.79 Å². The summed E-state index contributed by atoms with van der Waals surface area (Å²) in [5.74, 6) is 0. The Labute approximate surface area is 99.0 Å². The summed E-state index contributed by atoms with van der Waals surface area (Å²) < 4.78 is 22.3. The molecule has 0 aliphatic carbocycles. The third-order valence-corrected chi connectivity index (χ3v) is 3.82. The van der Waals surface area contributed by atoms with Crippen molar-refractivity contribution in [1.82, 2.24) is 0 Å². The van der Waals surface area contributed by atoms with Crippen LogP contribution >= 0.6 is 26.6 Å². The van der Waals surface area contributed by atoms with Crippen LogP contribution in [0.25, 0.3) is 0 Å². The van der Waals surface area contributed by atoms with Crippen LogP contribution in [0.4, 0.5) is 0 Å². The van der Waals surface area contributed by atoms with Gasteiger partial charge in [-0.2, -0.15) is 5.26 Å². The van der Waals surface area contributed by atoms with E-state index in [-0.39, 0.29) is 20.5 Å². The molecule has 0 aliphatic rings. The maximum absolute atomic E-state index is 11.0. The molecule has 0 N–H and O–H groups in total. The normalized spacial score (nSPS) is 10.7. The molecule has 0 heterocycles. The highest BCUT2D eigenvalue weighted by atomic mass is 79.9. The number of nitriles is 1. The van der Waals surface area contributed by atoms with Gasteiger partial charge in [0.25, 0.3) is 9.05 Å². The molecule has 78 valence electrons. The second-order valence-corrected chi connectivity index (χ2v) is 5.90. The zero-order valence-electron chi connectivity index (χ0n) is 7.07. The van der Waals surface area contributed by atoms with Crippen LogP contribution in [0.15, 0.2) is 21.5 Å². The van der Waals surface area contributed by atoms with Crippen LogP contribution in [0, 0.1) is 11.3 Å². The van der Waals surface area contributed by atoms with Gasteiger partial charge in [0.2, 0.25) is 0 Å². The molecule has 0 amide bonds. The summed E-state index contributed by atoms with van der Waals surface area (Å²) in [6.45, 7) is 0. The highest BCUT2D eigenvalue weighted by molar-refractivity contribution is 9.10. The number of carbonyl (C=O) groups excluding carboxylic acids is 1. The van der Waals surface area contributed by atoms with Crippen LogP contribution < -0.4 is 0 Å². The summed E-state index contributed by atoms with van der Waals surface area (Å²) in [6.07, 6.45) is 0.441. The van der Waals surface area contributed by atoms with E-state index >= 15 is 0 Å². The quantitative estimate of drug-likeness (QED) is 0.619. The van der Waals surface area contributed by atoms with Crippen molar-refractivity contribution >= 4 is 41.9 Å². The molecule has 0 unspecified atom stereocenters. The largest absolute Gasteiger partial charge is 0.298 e. The number of carbonyl (C=O) groups is 1. The number of benzene rings is 1. The number of hydrogen-bond donors (Lipinski definition) is 0. The Hall–Kier alpha value is -0.900. The lowest BCUT2D eigenvalue weighted by molar-refractivity contribution is 0.112. The predicted octanol–water partition coefficient (Wildman–Crippen LogP) is 2.06. The predicted molar refractivity (Wildman–Crippen MR) is 57.3 cm³/mol. The van der Waals surface area contributed by atoms with Crippen LogP contribution in [-0.4, -0.2) is 14.7 Å². The van der Waals surface area contributed by atoms with E-state index in [0.717, 1.165) is 12.1 Å². The number of rotatable bonds is 2. The summed E-state index contributed by atoms with van der Waals surface area (Å²) in [5.41, 5.74) is 0.104. The smallest absolute Gasteiger partial charge is 0.261 e. The van der Waals surface area contributed by atoms with Crippen LogP contribution in [0.3, 0.4) is 0 Å². The number of nitrogens with zero attached hydrogens (tertiary/aromatic N) is 1. The van der Waals surface area contributed by atoms with Crippen LogP contribution in [0.1, 0.15) is 15.9 Å². The molecule has 0 fully saturated rings. The second-order valence-electron chi connectivity index (χ2n) is 2.54. The molecule has 0 aliphatic heterocycles. The van der Waals surface area contributed by atoms with E-state index in [1.807, 2.05) is 0 Å². The van der Waals surface area contributed by atoms with Crippen molar-refractivity contribution < 1.29 is 13.2 Å². The molecule has 4 nitrogen and oxygen atoms in total. The summed E-state index contributed by atoms with van der Waals surface area (Å²) in [7, 11) is 1.16. The molecule has 1 rings (SSSR count). The van der Waals surface area contributed by atoms with Crippen molar-refractivity contribution in [3.63, 3.8) is 0 Å². The molecule has 0 bridgehead atoms. The molecule has 1 aromatic carbocycles. The number of aldehydes is 1. The molecule has 0 saturated carbocycles. The maximum atomic E-state index is 11.0. The Bertz CT molecular complexity index is 562. The minimum absolute atomic E-state index is 0.0406. The Balaban J connectivity index is 3.63. The monoisotopic (exact) mass is 307 g/mol. The van der Waals surface area contributed by atoms with Gasteiger partial charge in [0.05, 0.1) is 10.5 Å². The Morgan fingerprint density at radius 3 is 2.47 bits per heavy atom. The summed E-state index contributed by atoms with van der Waals surface area (Å²) in [6, 6.07) is 3.95. The van der Waals surface area contributed by atoms with Gasteiger partial charge >= 0.3 is 0 Å². The van der Waals surface area contributed by atoms with Crippen LogP contribution in [-0.2, 0) is 9.05 Å². The zero-order valence-corrected chi connectivity index (χ0v) is 10.2. The molecule has 0 radical (unpaired) electrons. The summed E-state index contributed by atoms with van der Waals surface area (Å²) in [4.78, 5) is 10.3. The van der Waals surface area contributed by atoms with E-state index in [4.69, 9.17) is 15.9 Å². The zero-order chi connectivity index (χ0) is 11.6. The average Bonchev–Trinajstić information content (AvgIpc) is 2.16. The van der Waals surface area contributed by atoms with Crippen molar-refractivity contribution in [2.45, 2.75) is 4.90 Å². The Morgan fingerprint density at radius 2 is 2.07 bits per heavy atom. The highest BCUT2D eigenvalue weighted by Gasteiger charge is 2.15. The van der Waals surface area contributed by atoms with Gasteiger partial charge in [-0.1, -0.05) is 0 Å². The first-order chi connectivity index (χ1) is 6.90. The first-order valence-electron chi connectivity index (χ1n) is 3.53. The fourth-order valence-corrected chi connectivity index (χ4v) is 2.13. The maximum Gasteiger partial charge on any atom is 0.261 e. The molecular weight excluding hydrogens is 306 g/mol. The van der Waals surface area contributed by atoms with E-state index in [9.17, 15) is 13.2 Å². The molecule has 0 aromatic heterocycles. The first kappa shape index (κ1) is 12.2. The van der Waals surface area contributed by atoms with Gasteiger partial charge in [0.1, 0.15) is 6.07 Å². The molecule has 1 aromatic rings. The second kappa shape index (κ2) is 4.31. The minimum Gasteiger partial charge on any atom is -0.298 e. The summed E-state index contributed by atoms with van der Waals surface area (Å²) in [5, 5.41) is 8.69. The van der Waals surface area contributed by atoms with Crippen molar-refractivity contribution in [3.05, 3.63) is 27.7 Å². The van der Waals surface area contributed by atoms with Crippen molar-refractivity contribution in [3.8, 4) is 6.07 Å². The van der Waals surface area contributed by atoms with E-state index in [0.29, 0.717) is 6.29 Å². The molecule has 15 heavy (non-hydrogen) atoms. The first-order valence-corrected chi connectivity index (χ1v) is 6.64. The van der Waals surface area contributed by atoms with Gasteiger partial charge in [0.15, 0.2) is 6.29 Å². The molecule has 7 heteroatoms. The minimum atomic E-state index is -3.94. The lowest BCUT2D eigenvalue weighted by Gasteiger charge is -2.02. The highest BCUT2D eigenvalue weighted by Crippen LogP contribution is 2.26. The molecular formula is C8H3BrClNO3S. The van der Waals surface area contributed by atoms with Gasteiger partial charge in [-0.05, 0) is 28.1 Å². The SMILES string of the molecule is N#Cc1cc(S(=O)(=O)Cl)cc(C=O)c1Br. The molecule has 0 atom stereocenters. The van der Waals surface area contributed by atoms with Crippen LogP contribution in [0.5, 0.6) is 0 Å². The third kappa shape index (κ3) is 2.56. The average molecular weight is 309 g/mol. The fourth-order valence-electron chi connectivity index (χ4n) is 0.927. The topological polar surface area (TPSA) is 75.0 Å². The third-order valence-electron chi connectivity index (χ3n) is 1.60. The van der Waals surface area contributed by atoms with Crippen LogP contribution in [0.2, 0.25) is 0 Å². The van der Waals surface area contributed by atoms with Crippen molar-refractivity contribution in [2.24, 2.45) is 0 Å². The summed E-state index contributed by atoms with van der Waals surface area (Å²) >= 11 is 3.01. The van der Waals surface area contributed by atoms with Gasteiger partial charge in [-0.25, -0.2) is 8.42 Å². The van der Waals surface area contributed by atoms with Gasteiger partial charge in [0, 0.05) is 20.7 Å². The van der Waals surface area contributed by atoms with E-state index in [1.54, 1.807) is 6.07 Å². The van der Waals surface area contributed by atoms with E-state index in [1.165, 1.54) is 0 Å². The number of hydrogen-bond acceptors (Lipinski definition) is 4. The standard InChI is InChI=1S/C8H3BrClNO3S/c9-8-5(3-11)1-7(15(10,13)14)2-6(8)4-12/h1-2,4H. The molecule has 0 saturated heterocycles. The lowest BCUT2D eigenvalue weighted by Crippen LogP contribution is -1.96. The van der Waals surface area contributed by atoms with Gasteiger partial charge in [-0.15, -0.1) is 0 Å². The van der Waals surface area contributed by atoms with E-state index in [2.05, 4.69) is 15.9 Å². The Kier molecular flexibility index (Phi) is 3.50. The fraction of sp³-hybridized carbons (Fsp3) is 0. The number of halogens is 2. The molecule has 0 spiro atoms. The Morgan fingerprint density at radius 1 is 1.47 bits per heavy atom. The van der Waals surface area contributed by atoms with E-state index < -0.39 is 9.05 Å². The van der Waals surface area contributed by atoms with Crippen molar-refractivity contribution in [2.75, 3.05) is 0 Å². The van der Waals surface area contributed by atoms with Crippen molar-refractivity contribution in [1.29, 1.82) is 5.26 Å². The lowest BCUT2D eigenvalue weighted by atomic mass is 10.1. The van der Waals surface area contributed by atoms with Gasteiger partial charge < -0.3 is 0 Å².